The van der Waals surface area contributed by atoms with Gasteiger partial charge in [0.15, 0.2) is 0 Å². The van der Waals surface area contributed by atoms with Crippen LogP contribution in [0.5, 0.6) is 0 Å². The predicted molar refractivity (Wildman–Crippen MR) is 123 cm³/mol. The minimum atomic E-state index is -5.08. The highest BCUT2D eigenvalue weighted by molar-refractivity contribution is 5.79. The number of amides is 1. The van der Waals surface area contributed by atoms with E-state index in [4.69, 9.17) is 29.0 Å². The highest BCUT2D eigenvalue weighted by Crippen LogP contribution is 2.33. The van der Waals surface area contributed by atoms with Crippen LogP contribution in [0.3, 0.4) is 0 Å². The van der Waals surface area contributed by atoms with Crippen molar-refractivity contribution in [2.24, 2.45) is 11.8 Å². The summed E-state index contributed by atoms with van der Waals surface area (Å²) in [7, 11) is 0. The number of nitrogens with one attached hydrogen (secondary N) is 1. The molecule has 0 saturated carbocycles. The number of pyridine rings is 1. The lowest BCUT2D eigenvalue weighted by atomic mass is 9.79. The molecule has 2 fully saturated rings. The van der Waals surface area contributed by atoms with Crippen molar-refractivity contribution in [2.75, 3.05) is 19.7 Å². The Morgan fingerprint density at radius 3 is 2.17 bits per heavy atom. The lowest BCUT2D eigenvalue weighted by Gasteiger charge is -2.44. The van der Waals surface area contributed by atoms with Crippen molar-refractivity contribution in [1.29, 1.82) is 0 Å². The van der Waals surface area contributed by atoms with Gasteiger partial charge in [-0.15, -0.1) is 0 Å². The molecule has 3 N–H and O–H groups in total. The molecule has 2 aliphatic rings. The molecule has 2 aromatic rings. The summed E-state index contributed by atoms with van der Waals surface area (Å²) < 4.78 is 74.7. The predicted octanol–water partition coefficient (Wildman–Crippen LogP) is 3.48. The molecule has 1 amide bonds. The Hall–Kier alpha value is -3.66. The van der Waals surface area contributed by atoms with Crippen LogP contribution in [0, 0.1) is 11.8 Å². The molecular formula is C24H27F6N3O7. The van der Waals surface area contributed by atoms with Gasteiger partial charge in [-0.1, -0.05) is 6.07 Å². The van der Waals surface area contributed by atoms with E-state index in [1.165, 1.54) is 0 Å². The lowest BCUT2D eigenvalue weighted by molar-refractivity contribution is -0.193. The van der Waals surface area contributed by atoms with Crippen LogP contribution in [-0.4, -0.2) is 76.1 Å². The number of rotatable bonds is 5. The molecule has 0 unspecified atom stereocenters. The average molecular weight is 583 g/mol. The third kappa shape index (κ3) is 10.8. The fraction of sp³-hybridized carbons (Fsp3) is 0.500. The first kappa shape index (κ1) is 32.6. The topological polar surface area (TPSA) is 142 Å². The molecule has 40 heavy (non-hydrogen) atoms. The van der Waals surface area contributed by atoms with Crippen LogP contribution in [0.2, 0.25) is 0 Å². The zero-order valence-corrected chi connectivity index (χ0v) is 20.8. The number of aliphatic carboxylic acids is 2. The van der Waals surface area contributed by atoms with E-state index in [-0.39, 0.29) is 23.8 Å². The van der Waals surface area contributed by atoms with E-state index < -0.39 is 24.3 Å². The quantitative estimate of drug-likeness (QED) is 0.451. The van der Waals surface area contributed by atoms with Crippen LogP contribution in [0.4, 0.5) is 26.3 Å². The Morgan fingerprint density at radius 2 is 1.65 bits per heavy atom. The number of ether oxygens (including phenoxy) is 1. The number of likely N-dealkylation sites (tertiary alicyclic amines) is 1. The van der Waals surface area contributed by atoms with Gasteiger partial charge in [-0.2, -0.15) is 26.3 Å². The molecule has 2 saturated heterocycles. The maximum atomic E-state index is 12.8. The van der Waals surface area contributed by atoms with E-state index in [1.54, 1.807) is 6.26 Å². The fourth-order valence-corrected chi connectivity index (χ4v) is 4.09. The van der Waals surface area contributed by atoms with Gasteiger partial charge >= 0.3 is 24.3 Å². The highest BCUT2D eigenvalue weighted by Gasteiger charge is 2.42. The number of hydrogen-bond acceptors (Lipinski definition) is 7. The summed E-state index contributed by atoms with van der Waals surface area (Å²) >= 11 is 0. The molecule has 3 atom stereocenters. The SMILES string of the molecule is O=C(NCc1ccco1)[C@@H]1CCO[C@@H]2CCN(Cc3ccccn3)C[C@@H]21.O=C(O)C(F)(F)F.O=C(O)C(F)(F)F. The number of carboxylic acid groups (broad SMARTS) is 2. The Labute approximate surface area is 223 Å². The van der Waals surface area contributed by atoms with Crippen LogP contribution in [-0.2, 0) is 32.2 Å². The number of aromatic nitrogens is 1. The van der Waals surface area contributed by atoms with E-state index in [0.29, 0.717) is 13.2 Å². The normalized spacial score (nSPS) is 21.0. The first-order valence-corrected chi connectivity index (χ1v) is 11.8. The van der Waals surface area contributed by atoms with Gasteiger partial charge in [-0.3, -0.25) is 14.7 Å². The summed E-state index contributed by atoms with van der Waals surface area (Å²) in [5, 5.41) is 17.3. The molecule has 16 heteroatoms. The summed E-state index contributed by atoms with van der Waals surface area (Å²) in [5.41, 5.74) is 1.07. The van der Waals surface area contributed by atoms with Gasteiger partial charge in [-0.05, 0) is 37.1 Å². The molecule has 4 rings (SSSR count). The zero-order valence-electron chi connectivity index (χ0n) is 20.8. The summed E-state index contributed by atoms with van der Waals surface area (Å²) in [6.45, 7) is 3.79. The highest BCUT2D eigenvalue weighted by atomic mass is 19.4. The summed E-state index contributed by atoms with van der Waals surface area (Å²) in [4.78, 5) is 37.4. The van der Waals surface area contributed by atoms with Gasteiger partial charge < -0.3 is 24.7 Å². The van der Waals surface area contributed by atoms with Crippen LogP contribution >= 0.6 is 0 Å². The largest absolute Gasteiger partial charge is 0.490 e. The summed E-state index contributed by atoms with van der Waals surface area (Å²) in [6, 6.07) is 9.72. The number of fused-ring (bicyclic) bond motifs is 1. The number of hydrogen-bond donors (Lipinski definition) is 3. The third-order valence-electron chi connectivity index (χ3n) is 5.90. The monoisotopic (exact) mass is 583 g/mol. The van der Waals surface area contributed by atoms with Crippen molar-refractivity contribution < 1.29 is 60.1 Å². The molecule has 0 aliphatic carbocycles. The van der Waals surface area contributed by atoms with Crippen molar-refractivity contribution in [3.63, 3.8) is 0 Å². The van der Waals surface area contributed by atoms with Crippen LogP contribution in [0.25, 0.3) is 0 Å². The third-order valence-corrected chi connectivity index (χ3v) is 5.90. The average Bonchev–Trinajstić information content (AvgIpc) is 3.41. The van der Waals surface area contributed by atoms with E-state index in [0.717, 1.165) is 43.9 Å². The Kier molecular flexibility index (Phi) is 11.9. The molecule has 4 heterocycles. The maximum Gasteiger partial charge on any atom is 0.490 e. The molecule has 2 aliphatic heterocycles. The Morgan fingerprint density at radius 1 is 1.00 bits per heavy atom. The van der Waals surface area contributed by atoms with Gasteiger partial charge in [0.05, 0.1) is 24.6 Å². The van der Waals surface area contributed by atoms with Crippen molar-refractivity contribution in [1.82, 2.24) is 15.2 Å². The second kappa shape index (κ2) is 14.6. The van der Waals surface area contributed by atoms with Crippen molar-refractivity contribution in [2.45, 2.75) is 44.4 Å². The van der Waals surface area contributed by atoms with Gasteiger partial charge in [0.25, 0.3) is 0 Å². The Balaban J connectivity index is 0.000000333. The fourth-order valence-electron chi connectivity index (χ4n) is 4.09. The van der Waals surface area contributed by atoms with Crippen LogP contribution in [0.15, 0.2) is 47.2 Å². The molecule has 2 aromatic heterocycles. The minimum Gasteiger partial charge on any atom is -0.475 e. The second-order valence-electron chi connectivity index (χ2n) is 8.72. The first-order chi connectivity index (χ1) is 18.7. The van der Waals surface area contributed by atoms with E-state index in [1.807, 2.05) is 30.5 Å². The molecular weight excluding hydrogens is 556 g/mol. The van der Waals surface area contributed by atoms with Crippen LogP contribution in [0.1, 0.15) is 24.3 Å². The molecule has 10 nitrogen and oxygen atoms in total. The number of carboxylic acids is 2. The van der Waals surface area contributed by atoms with Gasteiger partial charge in [0.1, 0.15) is 5.76 Å². The number of furan rings is 1. The molecule has 222 valence electrons. The van der Waals surface area contributed by atoms with E-state index >= 15 is 0 Å². The van der Waals surface area contributed by atoms with E-state index in [2.05, 4.69) is 21.3 Å². The van der Waals surface area contributed by atoms with Gasteiger partial charge in [-0.25, -0.2) is 9.59 Å². The Bertz CT molecular complexity index is 1060. The standard InChI is InChI=1S/C20H25N3O3.2C2HF3O2/c24-20(22-12-16-5-3-10-25-16)17-7-11-26-19-6-9-23(14-18(17)19)13-15-4-1-2-8-21-15;2*3-2(4,5)1(6)7/h1-5,8,10,17-19H,6-7,9,11-14H2,(H,22,24);2*(H,6,7)/t17-,18-,19-;;/m1../s1. The minimum absolute atomic E-state index is 0.00440. The van der Waals surface area contributed by atoms with Crippen molar-refractivity contribution in [3.8, 4) is 0 Å². The zero-order chi connectivity index (χ0) is 29.9. The summed E-state index contributed by atoms with van der Waals surface area (Å²) in [5.74, 6) is -4.39. The lowest BCUT2D eigenvalue weighted by Crippen LogP contribution is -2.53. The first-order valence-electron chi connectivity index (χ1n) is 11.8. The second-order valence-corrected chi connectivity index (χ2v) is 8.72. The van der Waals surface area contributed by atoms with Crippen molar-refractivity contribution >= 4 is 17.8 Å². The number of nitrogens with zero attached hydrogens (tertiary/aromatic N) is 2. The molecule has 0 radical (unpaired) electrons. The van der Waals surface area contributed by atoms with Gasteiger partial charge in [0, 0.05) is 44.3 Å². The van der Waals surface area contributed by atoms with Gasteiger partial charge in [0.2, 0.25) is 5.91 Å². The van der Waals surface area contributed by atoms with Crippen LogP contribution < -0.4 is 5.32 Å². The number of halogens is 6. The molecule has 0 bridgehead atoms. The molecule has 0 aromatic carbocycles. The number of carbonyl (C=O) groups excluding carboxylic acids is 1. The van der Waals surface area contributed by atoms with E-state index in [9.17, 15) is 31.1 Å². The molecule has 0 spiro atoms. The number of carbonyl (C=O) groups is 3. The smallest absolute Gasteiger partial charge is 0.475 e. The van der Waals surface area contributed by atoms with Crippen molar-refractivity contribution in [3.05, 3.63) is 54.2 Å². The number of piperidine rings is 1. The number of alkyl halides is 6. The maximum absolute atomic E-state index is 12.8. The summed E-state index contributed by atoms with van der Waals surface area (Å²) in [6.07, 6.45) is -4.77.